The van der Waals surface area contributed by atoms with E-state index < -0.39 is 0 Å². The highest BCUT2D eigenvalue weighted by Gasteiger charge is 2.09. The van der Waals surface area contributed by atoms with Gasteiger partial charge in [0.15, 0.2) is 0 Å². The SMILES string of the molecule is Cc1cc(Cl)ccc1Nc1cc(C(=O)NCCC(C)C)ncn1. The monoisotopic (exact) mass is 332 g/mol. The summed E-state index contributed by atoms with van der Waals surface area (Å²) >= 11 is 5.95. The van der Waals surface area contributed by atoms with Gasteiger partial charge in [-0.2, -0.15) is 0 Å². The molecule has 6 heteroatoms. The number of hydrogen-bond acceptors (Lipinski definition) is 4. The van der Waals surface area contributed by atoms with Crippen molar-refractivity contribution < 1.29 is 4.79 Å². The Balaban J connectivity index is 2.06. The standard InChI is InChI=1S/C17H21ClN4O/c1-11(2)6-7-19-17(23)15-9-16(21-10-20-15)22-14-5-4-13(18)8-12(14)3/h4-5,8-11H,6-7H2,1-3H3,(H,19,23)(H,20,21,22). The maximum absolute atomic E-state index is 12.1. The van der Waals surface area contributed by atoms with Crippen molar-refractivity contribution in [2.24, 2.45) is 5.92 Å². The van der Waals surface area contributed by atoms with Crippen LogP contribution in [0.4, 0.5) is 11.5 Å². The van der Waals surface area contributed by atoms with Crippen molar-refractivity contribution in [3.05, 3.63) is 46.9 Å². The molecule has 0 saturated heterocycles. The van der Waals surface area contributed by atoms with Gasteiger partial charge in [0, 0.05) is 23.3 Å². The first-order chi connectivity index (χ1) is 11.0. The van der Waals surface area contributed by atoms with Gasteiger partial charge in [-0.05, 0) is 43.0 Å². The van der Waals surface area contributed by atoms with Crippen LogP contribution in [-0.2, 0) is 0 Å². The summed E-state index contributed by atoms with van der Waals surface area (Å²) in [4.78, 5) is 20.3. The van der Waals surface area contributed by atoms with Gasteiger partial charge in [-0.25, -0.2) is 9.97 Å². The Kier molecular flexibility index (Phi) is 5.93. The average molecular weight is 333 g/mol. The molecule has 1 aromatic heterocycles. The Bertz CT molecular complexity index is 688. The van der Waals surface area contributed by atoms with E-state index >= 15 is 0 Å². The van der Waals surface area contributed by atoms with Gasteiger partial charge in [0.2, 0.25) is 0 Å². The first kappa shape index (κ1) is 17.2. The lowest BCUT2D eigenvalue weighted by molar-refractivity contribution is 0.0947. The summed E-state index contributed by atoms with van der Waals surface area (Å²) in [5.41, 5.74) is 2.23. The maximum atomic E-state index is 12.1. The second kappa shape index (κ2) is 7.92. The molecule has 0 fully saturated rings. The molecule has 5 nitrogen and oxygen atoms in total. The van der Waals surface area contributed by atoms with E-state index in [0.29, 0.717) is 29.0 Å². The van der Waals surface area contributed by atoms with Crippen LogP contribution in [0.1, 0.15) is 36.3 Å². The van der Waals surface area contributed by atoms with Gasteiger partial charge >= 0.3 is 0 Å². The summed E-state index contributed by atoms with van der Waals surface area (Å²) in [5, 5.41) is 6.73. The van der Waals surface area contributed by atoms with Crippen LogP contribution >= 0.6 is 11.6 Å². The Morgan fingerprint density at radius 2 is 2.04 bits per heavy atom. The van der Waals surface area contributed by atoms with Crippen LogP contribution in [0.25, 0.3) is 0 Å². The molecular weight excluding hydrogens is 312 g/mol. The Morgan fingerprint density at radius 1 is 1.26 bits per heavy atom. The molecule has 1 heterocycles. The first-order valence-electron chi connectivity index (χ1n) is 7.59. The van der Waals surface area contributed by atoms with E-state index in [1.165, 1.54) is 6.33 Å². The summed E-state index contributed by atoms with van der Waals surface area (Å²) in [5.74, 6) is 0.925. The molecule has 122 valence electrons. The third kappa shape index (κ3) is 5.21. The van der Waals surface area contributed by atoms with E-state index in [2.05, 4.69) is 34.4 Å². The van der Waals surface area contributed by atoms with Gasteiger partial charge in [0.25, 0.3) is 5.91 Å². The number of carbonyl (C=O) groups excluding carboxylic acids is 1. The maximum Gasteiger partial charge on any atom is 0.270 e. The largest absolute Gasteiger partial charge is 0.351 e. The third-order valence-electron chi connectivity index (χ3n) is 3.36. The van der Waals surface area contributed by atoms with Gasteiger partial charge in [0.05, 0.1) is 0 Å². The number of halogens is 1. The van der Waals surface area contributed by atoms with E-state index in [1.807, 2.05) is 19.1 Å². The highest BCUT2D eigenvalue weighted by molar-refractivity contribution is 6.30. The highest BCUT2D eigenvalue weighted by atomic mass is 35.5. The average Bonchev–Trinajstić information content (AvgIpc) is 2.50. The van der Waals surface area contributed by atoms with E-state index in [1.54, 1.807) is 12.1 Å². The molecule has 1 amide bonds. The van der Waals surface area contributed by atoms with E-state index in [-0.39, 0.29) is 5.91 Å². The molecule has 0 bridgehead atoms. The predicted octanol–water partition coefficient (Wildman–Crippen LogP) is 3.96. The van der Waals surface area contributed by atoms with Crippen LogP contribution in [0.15, 0.2) is 30.6 Å². The lowest BCUT2D eigenvalue weighted by Gasteiger charge is -2.10. The highest BCUT2D eigenvalue weighted by Crippen LogP contribution is 2.22. The van der Waals surface area contributed by atoms with Crippen molar-refractivity contribution in [3.63, 3.8) is 0 Å². The van der Waals surface area contributed by atoms with Crippen molar-refractivity contribution in [1.29, 1.82) is 0 Å². The summed E-state index contributed by atoms with van der Waals surface area (Å²) in [6.07, 6.45) is 2.32. The molecule has 0 aliphatic heterocycles. The van der Waals surface area contributed by atoms with E-state index in [9.17, 15) is 4.79 Å². The zero-order valence-electron chi connectivity index (χ0n) is 13.6. The number of amides is 1. The molecular formula is C17H21ClN4O. The number of nitrogens with one attached hydrogen (secondary N) is 2. The molecule has 1 aromatic carbocycles. The first-order valence-corrected chi connectivity index (χ1v) is 7.97. The van der Waals surface area contributed by atoms with Gasteiger partial charge < -0.3 is 10.6 Å². The molecule has 0 radical (unpaired) electrons. The molecule has 0 spiro atoms. The lowest BCUT2D eigenvalue weighted by Crippen LogP contribution is -2.26. The number of benzene rings is 1. The summed E-state index contributed by atoms with van der Waals surface area (Å²) < 4.78 is 0. The van der Waals surface area contributed by atoms with Crippen molar-refractivity contribution in [2.75, 3.05) is 11.9 Å². The normalized spacial score (nSPS) is 10.7. The summed E-state index contributed by atoms with van der Waals surface area (Å²) in [7, 11) is 0. The van der Waals surface area contributed by atoms with E-state index in [4.69, 9.17) is 11.6 Å². The molecule has 2 aromatic rings. The van der Waals surface area contributed by atoms with E-state index in [0.717, 1.165) is 17.7 Å². The van der Waals surface area contributed by atoms with Crippen LogP contribution < -0.4 is 10.6 Å². The summed E-state index contributed by atoms with van der Waals surface area (Å²) in [6.45, 7) is 6.83. The fourth-order valence-corrected chi connectivity index (χ4v) is 2.25. The number of carbonyl (C=O) groups is 1. The molecule has 0 aliphatic rings. The zero-order valence-corrected chi connectivity index (χ0v) is 14.3. The number of nitrogens with zero attached hydrogens (tertiary/aromatic N) is 2. The van der Waals surface area contributed by atoms with Crippen LogP contribution in [0.3, 0.4) is 0 Å². The van der Waals surface area contributed by atoms with Crippen LogP contribution in [0.5, 0.6) is 0 Å². The third-order valence-corrected chi connectivity index (χ3v) is 3.59. The van der Waals surface area contributed by atoms with Crippen LogP contribution in [0.2, 0.25) is 5.02 Å². The lowest BCUT2D eigenvalue weighted by atomic mass is 10.1. The van der Waals surface area contributed by atoms with Crippen molar-refractivity contribution in [2.45, 2.75) is 27.2 Å². The van der Waals surface area contributed by atoms with Crippen LogP contribution in [0, 0.1) is 12.8 Å². The molecule has 2 N–H and O–H groups in total. The number of aromatic nitrogens is 2. The molecule has 0 atom stereocenters. The second-order valence-electron chi connectivity index (χ2n) is 5.81. The summed E-state index contributed by atoms with van der Waals surface area (Å²) in [6, 6.07) is 7.18. The van der Waals surface area contributed by atoms with Gasteiger partial charge in [-0.3, -0.25) is 4.79 Å². The minimum atomic E-state index is -0.191. The second-order valence-corrected chi connectivity index (χ2v) is 6.25. The number of anilines is 2. The molecule has 0 aliphatic carbocycles. The number of rotatable bonds is 6. The Labute approximate surface area is 141 Å². The Hall–Kier alpha value is -2.14. The molecule has 2 rings (SSSR count). The van der Waals surface area contributed by atoms with Crippen molar-refractivity contribution >= 4 is 29.0 Å². The fourth-order valence-electron chi connectivity index (χ4n) is 2.02. The van der Waals surface area contributed by atoms with Crippen LogP contribution in [-0.4, -0.2) is 22.4 Å². The number of hydrogen-bond donors (Lipinski definition) is 2. The Morgan fingerprint density at radius 3 is 2.74 bits per heavy atom. The topological polar surface area (TPSA) is 66.9 Å². The van der Waals surface area contributed by atoms with Gasteiger partial charge in [-0.1, -0.05) is 25.4 Å². The smallest absolute Gasteiger partial charge is 0.270 e. The zero-order chi connectivity index (χ0) is 16.8. The minimum Gasteiger partial charge on any atom is -0.351 e. The fraction of sp³-hybridized carbons (Fsp3) is 0.353. The quantitative estimate of drug-likeness (QED) is 0.840. The molecule has 23 heavy (non-hydrogen) atoms. The van der Waals surface area contributed by atoms with Crippen molar-refractivity contribution in [3.8, 4) is 0 Å². The van der Waals surface area contributed by atoms with Crippen molar-refractivity contribution in [1.82, 2.24) is 15.3 Å². The van der Waals surface area contributed by atoms with Gasteiger partial charge in [0.1, 0.15) is 17.8 Å². The number of aryl methyl sites for hydroxylation is 1. The molecule has 0 saturated carbocycles. The minimum absolute atomic E-state index is 0.191. The predicted molar refractivity (Wildman–Crippen MR) is 93.3 cm³/mol. The molecule has 0 unspecified atom stereocenters. The van der Waals surface area contributed by atoms with Gasteiger partial charge in [-0.15, -0.1) is 0 Å².